The lowest BCUT2D eigenvalue weighted by molar-refractivity contribution is -0.385. The van der Waals surface area contributed by atoms with Gasteiger partial charge in [0.15, 0.2) is 0 Å². The van der Waals surface area contributed by atoms with E-state index in [0.717, 1.165) is 11.1 Å². The SMILES string of the molecule is Cc1cc([N+](=O)[O-])cnc1NCC(CCO)c1ccccc1. The van der Waals surface area contributed by atoms with Crippen molar-refractivity contribution in [2.24, 2.45) is 0 Å². The van der Waals surface area contributed by atoms with Crippen LogP contribution in [-0.4, -0.2) is 28.2 Å². The lowest BCUT2D eigenvalue weighted by Gasteiger charge is -2.18. The molecular formula is C16H19N3O3. The molecule has 0 amide bonds. The second-order valence-electron chi connectivity index (χ2n) is 5.12. The quantitative estimate of drug-likeness (QED) is 0.606. The molecule has 0 spiro atoms. The van der Waals surface area contributed by atoms with E-state index in [-0.39, 0.29) is 18.2 Å². The maximum Gasteiger partial charge on any atom is 0.287 e. The Kier molecular flexibility index (Phi) is 5.43. The number of hydrogen-bond acceptors (Lipinski definition) is 5. The fourth-order valence-electron chi connectivity index (χ4n) is 2.33. The molecular weight excluding hydrogens is 282 g/mol. The molecule has 6 heteroatoms. The van der Waals surface area contributed by atoms with Gasteiger partial charge >= 0.3 is 0 Å². The Labute approximate surface area is 129 Å². The van der Waals surface area contributed by atoms with Gasteiger partial charge in [-0.2, -0.15) is 0 Å². The second kappa shape index (κ2) is 7.51. The zero-order chi connectivity index (χ0) is 15.9. The van der Waals surface area contributed by atoms with E-state index in [4.69, 9.17) is 0 Å². The van der Waals surface area contributed by atoms with Crippen LogP contribution in [0, 0.1) is 17.0 Å². The summed E-state index contributed by atoms with van der Waals surface area (Å²) >= 11 is 0. The highest BCUT2D eigenvalue weighted by molar-refractivity contribution is 5.48. The van der Waals surface area contributed by atoms with E-state index in [0.29, 0.717) is 18.8 Å². The van der Waals surface area contributed by atoms with Gasteiger partial charge in [-0.3, -0.25) is 10.1 Å². The fraction of sp³-hybridized carbons (Fsp3) is 0.312. The first-order valence-electron chi connectivity index (χ1n) is 7.12. The van der Waals surface area contributed by atoms with E-state index in [1.54, 1.807) is 6.92 Å². The monoisotopic (exact) mass is 301 g/mol. The van der Waals surface area contributed by atoms with Crippen molar-refractivity contribution >= 4 is 11.5 Å². The predicted molar refractivity (Wildman–Crippen MR) is 85.0 cm³/mol. The van der Waals surface area contributed by atoms with Crippen molar-refractivity contribution in [3.8, 4) is 0 Å². The molecule has 0 fully saturated rings. The van der Waals surface area contributed by atoms with E-state index in [1.165, 1.54) is 12.3 Å². The number of nitrogens with one attached hydrogen (secondary N) is 1. The van der Waals surface area contributed by atoms with Crippen LogP contribution in [0.25, 0.3) is 0 Å². The van der Waals surface area contributed by atoms with Crippen LogP contribution < -0.4 is 5.32 Å². The molecule has 0 saturated heterocycles. The number of aromatic nitrogens is 1. The van der Waals surface area contributed by atoms with Crippen molar-refractivity contribution in [2.45, 2.75) is 19.3 Å². The summed E-state index contributed by atoms with van der Waals surface area (Å²) in [5.74, 6) is 0.784. The van der Waals surface area contributed by atoms with Gasteiger partial charge < -0.3 is 10.4 Å². The molecule has 0 saturated carbocycles. The van der Waals surface area contributed by atoms with Crippen LogP contribution in [-0.2, 0) is 0 Å². The second-order valence-corrected chi connectivity index (χ2v) is 5.12. The minimum atomic E-state index is -0.456. The summed E-state index contributed by atoms with van der Waals surface area (Å²) in [4.78, 5) is 14.4. The highest BCUT2D eigenvalue weighted by atomic mass is 16.6. The average molecular weight is 301 g/mol. The van der Waals surface area contributed by atoms with E-state index in [9.17, 15) is 15.2 Å². The summed E-state index contributed by atoms with van der Waals surface area (Å²) in [6, 6.07) is 11.4. The Morgan fingerprint density at radius 3 is 2.68 bits per heavy atom. The molecule has 1 heterocycles. The van der Waals surface area contributed by atoms with Gasteiger partial charge in [-0.1, -0.05) is 30.3 Å². The maximum absolute atomic E-state index is 10.7. The Bertz CT molecular complexity index is 632. The summed E-state index contributed by atoms with van der Waals surface area (Å²) in [7, 11) is 0. The van der Waals surface area contributed by atoms with Gasteiger partial charge in [0, 0.05) is 25.1 Å². The zero-order valence-electron chi connectivity index (χ0n) is 12.4. The molecule has 22 heavy (non-hydrogen) atoms. The maximum atomic E-state index is 10.7. The smallest absolute Gasteiger partial charge is 0.287 e. The van der Waals surface area contributed by atoms with Gasteiger partial charge in [0.25, 0.3) is 5.69 Å². The average Bonchev–Trinajstić information content (AvgIpc) is 2.53. The Hall–Kier alpha value is -2.47. The lowest BCUT2D eigenvalue weighted by atomic mass is 9.96. The van der Waals surface area contributed by atoms with Crippen molar-refractivity contribution in [3.05, 3.63) is 63.8 Å². The van der Waals surface area contributed by atoms with Crippen LogP contribution in [0.1, 0.15) is 23.5 Å². The molecule has 0 aliphatic heterocycles. The Morgan fingerprint density at radius 2 is 2.09 bits per heavy atom. The van der Waals surface area contributed by atoms with Gasteiger partial charge in [-0.05, 0) is 24.5 Å². The lowest BCUT2D eigenvalue weighted by Crippen LogP contribution is -2.15. The van der Waals surface area contributed by atoms with E-state index >= 15 is 0 Å². The van der Waals surface area contributed by atoms with Crippen molar-refractivity contribution in [1.82, 2.24) is 4.98 Å². The van der Waals surface area contributed by atoms with Crippen LogP contribution in [0.3, 0.4) is 0 Å². The number of hydrogen-bond donors (Lipinski definition) is 2. The van der Waals surface area contributed by atoms with Gasteiger partial charge in [-0.15, -0.1) is 0 Å². The normalized spacial score (nSPS) is 11.9. The number of benzene rings is 1. The molecule has 2 rings (SSSR count). The number of aryl methyl sites for hydroxylation is 1. The van der Waals surface area contributed by atoms with Crippen LogP contribution in [0.15, 0.2) is 42.6 Å². The first-order chi connectivity index (χ1) is 10.6. The van der Waals surface area contributed by atoms with Crippen LogP contribution in [0.4, 0.5) is 11.5 Å². The summed E-state index contributed by atoms with van der Waals surface area (Å²) in [5, 5.41) is 23.2. The first-order valence-corrected chi connectivity index (χ1v) is 7.12. The van der Waals surface area contributed by atoms with Crippen molar-refractivity contribution in [2.75, 3.05) is 18.5 Å². The standard InChI is InChI=1S/C16H19N3O3/c1-12-9-15(19(21)22)11-18-16(12)17-10-14(7-8-20)13-5-3-2-4-6-13/h2-6,9,11,14,20H,7-8,10H2,1H3,(H,17,18). The third-order valence-corrected chi connectivity index (χ3v) is 3.54. The molecule has 0 bridgehead atoms. The molecule has 116 valence electrons. The molecule has 0 aliphatic carbocycles. The third-order valence-electron chi connectivity index (χ3n) is 3.54. The minimum Gasteiger partial charge on any atom is -0.396 e. The van der Waals surface area contributed by atoms with Crippen LogP contribution in [0.5, 0.6) is 0 Å². The van der Waals surface area contributed by atoms with Crippen LogP contribution >= 0.6 is 0 Å². The number of pyridine rings is 1. The highest BCUT2D eigenvalue weighted by Crippen LogP contribution is 2.22. The van der Waals surface area contributed by atoms with E-state index < -0.39 is 4.92 Å². The molecule has 0 radical (unpaired) electrons. The molecule has 0 aliphatic rings. The van der Waals surface area contributed by atoms with Crippen molar-refractivity contribution in [3.63, 3.8) is 0 Å². The molecule has 1 atom stereocenters. The molecule has 2 aromatic rings. The van der Waals surface area contributed by atoms with Gasteiger partial charge in [-0.25, -0.2) is 4.98 Å². The van der Waals surface area contributed by atoms with Gasteiger partial charge in [0.05, 0.1) is 4.92 Å². The molecule has 1 aromatic heterocycles. The first kappa shape index (κ1) is 15.9. The fourth-order valence-corrected chi connectivity index (χ4v) is 2.33. The minimum absolute atomic E-state index is 0.0157. The van der Waals surface area contributed by atoms with Crippen molar-refractivity contribution < 1.29 is 10.0 Å². The Morgan fingerprint density at radius 1 is 1.36 bits per heavy atom. The number of nitro groups is 1. The van der Waals surface area contributed by atoms with Gasteiger partial charge in [0.1, 0.15) is 12.0 Å². The number of rotatable bonds is 7. The van der Waals surface area contributed by atoms with Crippen LogP contribution in [0.2, 0.25) is 0 Å². The number of nitrogens with zero attached hydrogens (tertiary/aromatic N) is 2. The third kappa shape index (κ3) is 4.02. The molecule has 1 aromatic carbocycles. The Balaban J connectivity index is 2.08. The highest BCUT2D eigenvalue weighted by Gasteiger charge is 2.13. The van der Waals surface area contributed by atoms with E-state index in [1.807, 2.05) is 30.3 Å². The molecule has 1 unspecified atom stereocenters. The number of anilines is 1. The summed E-state index contributed by atoms with van der Waals surface area (Å²) in [5.41, 5.74) is 1.85. The number of aliphatic hydroxyl groups is 1. The number of aliphatic hydroxyl groups excluding tert-OH is 1. The van der Waals surface area contributed by atoms with Crippen molar-refractivity contribution in [1.29, 1.82) is 0 Å². The molecule has 6 nitrogen and oxygen atoms in total. The zero-order valence-corrected chi connectivity index (χ0v) is 12.4. The predicted octanol–water partition coefficient (Wildman–Crippen LogP) is 2.88. The van der Waals surface area contributed by atoms with Gasteiger partial charge in [0.2, 0.25) is 0 Å². The summed E-state index contributed by atoms with van der Waals surface area (Å²) < 4.78 is 0. The largest absolute Gasteiger partial charge is 0.396 e. The summed E-state index contributed by atoms with van der Waals surface area (Å²) in [6.07, 6.45) is 1.89. The van der Waals surface area contributed by atoms with E-state index in [2.05, 4.69) is 10.3 Å². The molecule has 2 N–H and O–H groups in total. The summed E-state index contributed by atoms with van der Waals surface area (Å²) in [6.45, 7) is 2.50. The topological polar surface area (TPSA) is 88.3 Å².